The summed E-state index contributed by atoms with van der Waals surface area (Å²) in [5.41, 5.74) is 0.487. The maximum atomic E-state index is 9.33. The third-order valence-electron chi connectivity index (χ3n) is 5.25. The number of likely N-dealkylation sites (tertiary alicyclic amines) is 1. The van der Waals surface area contributed by atoms with Gasteiger partial charge in [-0.1, -0.05) is 20.8 Å². The topological polar surface area (TPSA) is 23.5 Å². The van der Waals surface area contributed by atoms with Crippen LogP contribution in [-0.2, 0) is 0 Å². The molecule has 0 amide bonds. The molecule has 18 heavy (non-hydrogen) atoms. The lowest BCUT2D eigenvalue weighted by Gasteiger charge is -2.43. The number of rotatable bonds is 2. The van der Waals surface area contributed by atoms with Crippen molar-refractivity contribution in [2.75, 3.05) is 19.7 Å². The van der Waals surface area contributed by atoms with Gasteiger partial charge in [-0.25, -0.2) is 0 Å². The molecular weight excluding hydrogens is 222 g/mol. The summed E-state index contributed by atoms with van der Waals surface area (Å²) in [7, 11) is 0. The molecule has 0 aromatic rings. The third-order valence-corrected chi connectivity index (χ3v) is 5.25. The minimum absolute atomic E-state index is 0.383. The van der Waals surface area contributed by atoms with Gasteiger partial charge in [-0.2, -0.15) is 0 Å². The molecule has 0 aromatic heterocycles. The molecule has 1 saturated carbocycles. The van der Waals surface area contributed by atoms with Crippen molar-refractivity contribution in [1.82, 2.24) is 4.90 Å². The van der Waals surface area contributed by atoms with E-state index in [0.29, 0.717) is 17.9 Å². The number of aliphatic hydroxyl groups excluding tert-OH is 1. The lowest BCUT2D eigenvalue weighted by atomic mass is 9.71. The highest BCUT2D eigenvalue weighted by Gasteiger charge is 2.33. The van der Waals surface area contributed by atoms with E-state index in [1.807, 2.05) is 0 Å². The summed E-state index contributed by atoms with van der Waals surface area (Å²) in [6.07, 6.45) is 8.05. The summed E-state index contributed by atoms with van der Waals surface area (Å²) in [5, 5.41) is 9.33. The second-order valence-corrected chi connectivity index (χ2v) is 7.56. The quantitative estimate of drug-likeness (QED) is 0.816. The van der Waals surface area contributed by atoms with Gasteiger partial charge in [0, 0.05) is 19.2 Å². The molecule has 1 unspecified atom stereocenters. The van der Waals surface area contributed by atoms with Crippen molar-refractivity contribution in [2.24, 2.45) is 17.3 Å². The van der Waals surface area contributed by atoms with Crippen molar-refractivity contribution < 1.29 is 5.11 Å². The van der Waals surface area contributed by atoms with Gasteiger partial charge < -0.3 is 10.0 Å². The molecule has 1 heterocycles. The van der Waals surface area contributed by atoms with Crippen molar-refractivity contribution in [3.05, 3.63) is 0 Å². The van der Waals surface area contributed by atoms with Gasteiger partial charge in [-0.3, -0.25) is 0 Å². The fourth-order valence-electron chi connectivity index (χ4n) is 3.88. The van der Waals surface area contributed by atoms with Crippen LogP contribution in [0.1, 0.15) is 59.3 Å². The monoisotopic (exact) mass is 253 g/mol. The molecule has 1 atom stereocenters. The van der Waals surface area contributed by atoms with Crippen molar-refractivity contribution in [2.45, 2.75) is 65.3 Å². The molecule has 0 aromatic carbocycles. The molecule has 1 aliphatic heterocycles. The number of hydrogen-bond donors (Lipinski definition) is 1. The molecule has 0 radical (unpaired) electrons. The van der Waals surface area contributed by atoms with Gasteiger partial charge in [0.05, 0.1) is 0 Å². The van der Waals surface area contributed by atoms with E-state index in [9.17, 15) is 5.11 Å². The zero-order valence-corrected chi connectivity index (χ0v) is 12.5. The first-order chi connectivity index (χ1) is 8.50. The van der Waals surface area contributed by atoms with Crippen LogP contribution >= 0.6 is 0 Å². The second-order valence-electron chi connectivity index (χ2n) is 7.56. The van der Waals surface area contributed by atoms with Crippen LogP contribution in [0, 0.1) is 17.3 Å². The fourth-order valence-corrected chi connectivity index (χ4v) is 3.88. The summed E-state index contributed by atoms with van der Waals surface area (Å²) < 4.78 is 0. The summed E-state index contributed by atoms with van der Waals surface area (Å²) >= 11 is 0. The second kappa shape index (κ2) is 5.92. The molecule has 106 valence electrons. The van der Waals surface area contributed by atoms with Gasteiger partial charge in [0.15, 0.2) is 0 Å². The minimum Gasteiger partial charge on any atom is -0.396 e. The summed E-state index contributed by atoms with van der Waals surface area (Å²) in [4.78, 5) is 2.67. The lowest BCUT2D eigenvalue weighted by molar-refractivity contribution is 0.0498. The summed E-state index contributed by atoms with van der Waals surface area (Å²) in [6, 6.07) is 0.804. The molecule has 2 rings (SSSR count). The van der Waals surface area contributed by atoms with Crippen LogP contribution in [0.4, 0.5) is 0 Å². The predicted octanol–water partition coefficient (Wildman–Crippen LogP) is 3.30. The zero-order valence-electron chi connectivity index (χ0n) is 12.5. The first kappa shape index (κ1) is 14.3. The van der Waals surface area contributed by atoms with Gasteiger partial charge in [-0.15, -0.1) is 0 Å². The van der Waals surface area contributed by atoms with Crippen molar-refractivity contribution in [3.8, 4) is 0 Å². The molecular formula is C16H31NO. The van der Waals surface area contributed by atoms with Crippen molar-refractivity contribution in [3.63, 3.8) is 0 Å². The maximum Gasteiger partial charge on any atom is 0.0471 e. The molecule has 2 nitrogen and oxygen atoms in total. The fraction of sp³-hybridized carbons (Fsp3) is 1.00. The summed E-state index contributed by atoms with van der Waals surface area (Å²) in [5.74, 6) is 1.45. The Morgan fingerprint density at radius 3 is 2.28 bits per heavy atom. The van der Waals surface area contributed by atoms with E-state index < -0.39 is 0 Å². The Morgan fingerprint density at radius 2 is 1.72 bits per heavy atom. The molecule has 2 fully saturated rings. The molecule has 2 heteroatoms. The Hall–Kier alpha value is -0.0800. The predicted molar refractivity (Wildman–Crippen MR) is 76.6 cm³/mol. The van der Waals surface area contributed by atoms with Crippen LogP contribution in [0.2, 0.25) is 0 Å². The zero-order chi connectivity index (χ0) is 13.2. The number of hydrogen-bond acceptors (Lipinski definition) is 2. The lowest BCUT2D eigenvalue weighted by Crippen LogP contribution is -2.45. The van der Waals surface area contributed by atoms with Crippen molar-refractivity contribution in [1.29, 1.82) is 0 Å². The molecule has 0 spiro atoms. The van der Waals surface area contributed by atoms with Crippen molar-refractivity contribution >= 4 is 0 Å². The van der Waals surface area contributed by atoms with Gasteiger partial charge in [0.2, 0.25) is 0 Å². The number of nitrogens with zero attached hydrogens (tertiary/aromatic N) is 1. The Balaban J connectivity index is 1.82. The van der Waals surface area contributed by atoms with E-state index in [1.165, 1.54) is 45.1 Å². The van der Waals surface area contributed by atoms with Crippen LogP contribution in [0.5, 0.6) is 0 Å². The minimum atomic E-state index is 0.383. The number of aliphatic hydroxyl groups is 1. The highest BCUT2D eigenvalue weighted by Crippen LogP contribution is 2.39. The first-order valence-electron chi connectivity index (χ1n) is 7.85. The highest BCUT2D eigenvalue weighted by atomic mass is 16.3. The first-order valence-corrected chi connectivity index (χ1v) is 7.85. The van der Waals surface area contributed by atoms with Gasteiger partial charge in [0.25, 0.3) is 0 Å². The Labute approximate surface area is 113 Å². The van der Waals surface area contributed by atoms with Crippen LogP contribution in [-0.4, -0.2) is 35.7 Å². The van der Waals surface area contributed by atoms with E-state index in [4.69, 9.17) is 0 Å². The van der Waals surface area contributed by atoms with E-state index >= 15 is 0 Å². The average Bonchev–Trinajstić information content (AvgIpc) is 2.38. The van der Waals surface area contributed by atoms with Crippen LogP contribution in [0.3, 0.4) is 0 Å². The maximum absolute atomic E-state index is 9.33. The molecule has 2 aliphatic rings. The van der Waals surface area contributed by atoms with E-state index in [1.54, 1.807) is 0 Å². The highest BCUT2D eigenvalue weighted by molar-refractivity contribution is 4.86. The van der Waals surface area contributed by atoms with E-state index in [-0.39, 0.29) is 0 Å². The number of piperidine rings is 1. The largest absolute Gasteiger partial charge is 0.396 e. The Kier molecular flexibility index (Phi) is 4.71. The van der Waals surface area contributed by atoms with Crippen LogP contribution in [0.15, 0.2) is 0 Å². The van der Waals surface area contributed by atoms with Crippen LogP contribution < -0.4 is 0 Å². The van der Waals surface area contributed by atoms with Gasteiger partial charge in [-0.05, 0) is 62.3 Å². The third kappa shape index (κ3) is 3.48. The molecule has 1 N–H and O–H groups in total. The average molecular weight is 253 g/mol. The summed E-state index contributed by atoms with van der Waals surface area (Å²) in [6.45, 7) is 9.96. The molecule has 1 aliphatic carbocycles. The SMILES string of the molecule is CC(C)(C)C1CCC(N2CCCC(CO)C2)CC1. The standard InChI is InChI=1S/C16H31NO/c1-16(2,3)14-6-8-15(9-7-14)17-10-4-5-13(11-17)12-18/h13-15,18H,4-12H2,1-3H3. The Morgan fingerprint density at radius 1 is 1.06 bits per heavy atom. The Bertz CT molecular complexity index is 250. The van der Waals surface area contributed by atoms with E-state index in [0.717, 1.165) is 18.5 Å². The molecule has 1 saturated heterocycles. The van der Waals surface area contributed by atoms with Crippen LogP contribution in [0.25, 0.3) is 0 Å². The normalized spacial score (nSPS) is 35.7. The van der Waals surface area contributed by atoms with E-state index in [2.05, 4.69) is 25.7 Å². The smallest absolute Gasteiger partial charge is 0.0471 e. The van der Waals surface area contributed by atoms with Gasteiger partial charge >= 0.3 is 0 Å². The van der Waals surface area contributed by atoms with Gasteiger partial charge in [0.1, 0.15) is 0 Å². The molecule has 0 bridgehead atoms.